The normalized spacial score (nSPS) is 14.4. The van der Waals surface area contributed by atoms with E-state index in [4.69, 9.17) is 5.11 Å². The molecule has 3 nitrogen and oxygen atoms in total. The highest BCUT2D eigenvalue weighted by Crippen LogP contribution is 2.12. The molecule has 0 heterocycles. The lowest BCUT2D eigenvalue weighted by atomic mass is 10.0. The van der Waals surface area contributed by atoms with Crippen LogP contribution in [0.2, 0.25) is 0 Å². The van der Waals surface area contributed by atoms with Crippen molar-refractivity contribution in [3.8, 4) is 0 Å². The number of unbranched alkanes of at least 4 members (excludes halogenated alkanes) is 11. The molecule has 0 fully saturated rings. The van der Waals surface area contributed by atoms with E-state index < -0.39 is 12.2 Å². The molecule has 2 atom stereocenters. The van der Waals surface area contributed by atoms with Crippen LogP contribution in [-0.2, 0) is 0 Å². The lowest BCUT2D eigenvalue weighted by Crippen LogP contribution is -2.26. The number of hydrogen-bond donors (Lipinski definition) is 3. The molecule has 138 valence electrons. The summed E-state index contributed by atoms with van der Waals surface area (Å²) < 4.78 is 0. The van der Waals surface area contributed by atoms with Crippen LogP contribution >= 0.6 is 0 Å². The molecule has 0 aliphatic rings. The van der Waals surface area contributed by atoms with E-state index in [0.29, 0.717) is 6.42 Å². The van der Waals surface area contributed by atoms with Crippen LogP contribution in [0.4, 0.5) is 0 Å². The topological polar surface area (TPSA) is 60.7 Å². The quantitative estimate of drug-likeness (QED) is 0.267. The lowest BCUT2D eigenvalue weighted by Gasteiger charge is -2.14. The number of aliphatic hydroxyl groups is 3. The van der Waals surface area contributed by atoms with Gasteiger partial charge in [0.1, 0.15) is 0 Å². The predicted molar refractivity (Wildman–Crippen MR) is 98.6 cm³/mol. The summed E-state index contributed by atoms with van der Waals surface area (Å²) in [5.41, 5.74) is 0. The first-order chi connectivity index (χ1) is 11.2. The van der Waals surface area contributed by atoms with E-state index in [0.717, 1.165) is 6.42 Å². The summed E-state index contributed by atoms with van der Waals surface area (Å²) >= 11 is 0. The van der Waals surface area contributed by atoms with Gasteiger partial charge in [-0.15, -0.1) is 0 Å². The molecule has 0 aromatic rings. The molecule has 3 N–H and O–H groups in total. The summed E-state index contributed by atoms with van der Waals surface area (Å²) in [4.78, 5) is 0. The zero-order chi connectivity index (χ0) is 17.2. The minimum atomic E-state index is -0.813. The minimum absolute atomic E-state index is 0.0827. The predicted octanol–water partition coefficient (Wildman–Crippen LogP) is 4.74. The van der Waals surface area contributed by atoms with Crippen molar-refractivity contribution >= 4 is 0 Å². The van der Waals surface area contributed by atoms with Gasteiger partial charge in [0.15, 0.2) is 0 Å². The summed E-state index contributed by atoms with van der Waals surface area (Å²) in [6.07, 6.45) is 19.2. The summed E-state index contributed by atoms with van der Waals surface area (Å²) in [6.45, 7) is 2.18. The van der Waals surface area contributed by atoms with Crippen LogP contribution in [0.1, 0.15) is 96.8 Å². The Morgan fingerprint density at radius 3 is 1.74 bits per heavy atom. The molecule has 0 saturated heterocycles. The zero-order valence-corrected chi connectivity index (χ0v) is 15.3. The second-order valence-corrected chi connectivity index (χ2v) is 6.68. The van der Waals surface area contributed by atoms with Crippen molar-refractivity contribution in [2.24, 2.45) is 0 Å². The van der Waals surface area contributed by atoms with Crippen molar-refractivity contribution in [3.63, 3.8) is 0 Å². The number of rotatable bonds is 17. The van der Waals surface area contributed by atoms with Gasteiger partial charge in [-0.1, -0.05) is 83.3 Å². The minimum Gasteiger partial charge on any atom is -0.396 e. The maximum atomic E-state index is 9.63. The highest BCUT2D eigenvalue weighted by atomic mass is 16.3. The number of hydrogen-bond acceptors (Lipinski definition) is 3. The fraction of sp³-hybridized carbons (Fsp3) is 0.900. The van der Waals surface area contributed by atoms with Crippen molar-refractivity contribution in [1.82, 2.24) is 0 Å². The standard InChI is InChI=1S/C20H40O3/c1-2-3-4-5-6-7-8-9-10-11-12-13-14-15-16-19(22)20(23)17-18-21/h14-15,19-23H,2-13,16-18H2,1H3/b15-14+. The largest absolute Gasteiger partial charge is 0.396 e. The third kappa shape index (κ3) is 16.3. The number of aliphatic hydroxyl groups excluding tert-OH is 3. The molecule has 0 bridgehead atoms. The molecule has 2 unspecified atom stereocenters. The third-order valence-electron chi connectivity index (χ3n) is 4.39. The summed E-state index contributed by atoms with van der Waals surface area (Å²) in [6, 6.07) is 0. The van der Waals surface area contributed by atoms with Gasteiger partial charge in [-0.2, -0.15) is 0 Å². The van der Waals surface area contributed by atoms with Gasteiger partial charge in [-0.25, -0.2) is 0 Å². The van der Waals surface area contributed by atoms with Crippen LogP contribution in [0.25, 0.3) is 0 Å². The van der Waals surface area contributed by atoms with Crippen LogP contribution in [0.3, 0.4) is 0 Å². The van der Waals surface area contributed by atoms with Gasteiger partial charge in [-0.3, -0.25) is 0 Å². The van der Waals surface area contributed by atoms with E-state index in [9.17, 15) is 10.2 Å². The van der Waals surface area contributed by atoms with Gasteiger partial charge >= 0.3 is 0 Å². The van der Waals surface area contributed by atoms with Crippen LogP contribution in [0, 0.1) is 0 Å². The van der Waals surface area contributed by atoms with Gasteiger partial charge in [0.2, 0.25) is 0 Å². The zero-order valence-electron chi connectivity index (χ0n) is 15.3. The molecule has 0 aromatic carbocycles. The van der Waals surface area contributed by atoms with Crippen molar-refractivity contribution in [1.29, 1.82) is 0 Å². The molecule has 0 saturated carbocycles. The summed E-state index contributed by atoms with van der Waals surface area (Å²) in [5.74, 6) is 0. The van der Waals surface area contributed by atoms with Crippen molar-refractivity contribution < 1.29 is 15.3 Å². The first kappa shape index (κ1) is 22.6. The molecular formula is C20H40O3. The fourth-order valence-corrected chi connectivity index (χ4v) is 2.76. The van der Waals surface area contributed by atoms with E-state index in [2.05, 4.69) is 13.0 Å². The Hall–Kier alpha value is -0.380. The van der Waals surface area contributed by atoms with E-state index in [1.54, 1.807) is 0 Å². The SMILES string of the molecule is CCCCCCCCCCCCC/C=C/CC(O)C(O)CCO. The van der Waals surface area contributed by atoms with E-state index in [-0.39, 0.29) is 13.0 Å². The molecule has 0 aliphatic carbocycles. The lowest BCUT2D eigenvalue weighted by molar-refractivity contribution is 0.00741. The van der Waals surface area contributed by atoms with E-state index >= 15 is 0 Å². The number of allylic oxidation sites excluding steroid dienone is 1. The Bertz CT molecular complexity index is 253. The second-order valence-electron chi connectivity index (χ2n) is 6.68. The van der Waals surface area contributed by atoms with Crippen molar-refractivity contribution in [2.45, 2.75) is 109 Å². The van der Waals surface area contributed by atoms with Crippen LogP contribution in [0.15, 0.2) is 12.2 Å². The second kappa shape index (κ2) is 18.0. The average molecular weight is 329 g/mol. The highest BCUT2D eigenvalue weighted by Gasteiger charge is 2.13. The Morgan fingerprint density at radius 1 is 0.696 bits per heavy atom. The molecule has 0 amide bonds. The van der Waals surface area contributed by atoms with Crippen LogP contribution < -0.4 is 0 Å². The Morgan fingerprint density at radius 2 is 1.22 bits per heavy atom. The molecule has 0 radical (unpaired) electrons. The molecule has 0 aromatic heterocycles. The summed E-state index contributed by atoms with van der Waals surface area (Å²) in [7, 11) is 0. The first-order valence-corrected chi connectivity index (χ1v) is 9.84. The fourth-order valence-electron chi connectivity index (χ4n) is 2.76. The summed E-state index contributed by atoms with van der Waals surface area (Å²) in [5, 5.41) is 27.8. The van der Waals surface area contributed by atoms with Gasteiger partial charge in [-0.05, 0) is 25.7 Å². The molecule has 23 heavy (non-hydrogen) atoms. The molecule has 0 aliphatic heterocycles. The monoisotopic (exact) mass is 328 g/mol. The maximum absolute atomic E-state index is 9.63. The van der Waals surface area contributed by atoms with Gasteiger partial charge < -0.3 is 15.3 Å². The maximum Gasteiger partial charge on any atom is 0.0834 e. The average Bonchev–Trinajstić information content (AvgIpc) is 2.55. The Balaban J connectivity index is 3.25. The Kier molecular flexibility index (Phi) is 17.7. The van der Waals surface area contributed by atoms with Crippen LogP contribution in [0.5, 0.6) is 0 Å². The molecular weight excluding hydrogens is 288 g/mol. The smallest absolute Gasteiger partial charge is 0.0834 e. The van der Waals surface area contributed by atoms with E-state index in [1.165, 1.54) is 70.6 Å². The molecule has 3 heteroatoms. The Labute approximate surface area is 143 Å². The van der Waals surface area contributed by atoms with Gasteiger partial charge in [0.05, 0.1) is 12.2 Å². The van der Waals surface area contributed by atoms with Crippen LogP contribution in [-0.4, -0.2) is 34.1 Å². The molecule has 0 rings (SSSR count). The third-order valence-corrected chi connectivity index (χ3v) is 4.39. The highest BCUT2D eigenvalue weighted by molar-refractivity contribution is 4.86. The van der Waals surface area contributed by atoms with Crippen molar-refractivity contribution in [3.05, 3.63) is 12.2 Å². The van der Waals surface area contributed by atoms with Gasteiger partial charge in [0, 0.05) is 6.61 Å². The van der Waals surface area contributed by atoms with Gasteiger partial charge in [0.25, 0.3) is 0 Å². The van der Waals surface area contributed by atoms with E-state index in [1.807, 2.05) is 6.08 Å². The van der Waals surface area contributed by atoms with Crippen molar-refractivity contribution in [2.75, 3.05) is 6.61 Å². The molecule has 0 spiro atoms. The first-order valence-electron chi connectivity index (χ1n) is 9.84.